The Morgan fingerprint density at radius 2 is 1.56 bits per heavy atom. The first-order valence-electron chi connectivity index (χ1n) is 9.97. The lowest BCUT2D eigenvalue weighted by Crippen LogP contribution is -3.05. The number of aliphatic carboxylic acids is 1. The highest BCUT2D eigenvalue weighted by atomic mass is 16.4. The van der Waals surface area contributed by atoms with Crippen molar-refractivity contribution in [3.8, 4) is 0 Å². The predicted molar refractivity (Wildman–Crippen MR) is 98.1 cm³/mol. The van der Waals surface area contributed by atoms with E-state index in [4.69, 9.17) is 0 Å². The molecule has 0 aromatic heterocycles. The number of carbonyl (C=O) groups excluding carboxylic acids is 1. The zero-order valence-electron chi connectivity index (χ0n) is 15.8. The molecule has 3 heteroatoms. The number of carboxylic acid groups (broad SMARTS) is 1. The molecule has 4 bridgehead atoms. The number of benzene rings is 1. The van der Waals surface area contributed by atoms with Crippen molar-refractivity contribution in [1.82, 2.24) is 0 Å². The molecular formula is C22H33NO2. The van der Waals surface area contributed by atoms with E-state index in [9.17, 15) is 9.90 Å². The van der Waals surface area contributed by atoms with Crippen molar-refractivity contribution in [1.29, 1.82) is 0 Å². The van der Waals surface area contributed by atoms with Crippen molar-refractivity contribution in [3.05, 3.63) is 35.9 Å². The molecule has 0 amide bonds. The molecular weight excluding hydrogens is 310 g/mol. The molecule has 1 aromatic rings. The minimum Gasteiger partial charge on any atom is -0.550 e. The minimum absolute atomic E-state index is 0.160. The first kappa shape index (κ1) is 18.4. The SMILES string of the molecule is C[NH+](C)CCc1ccccc1.O=C([O-])CC12CC3CC(CC(C3)C1)C2. The maximum Gasteiger partial charge on any atom is 0.0807 e. The van der Waals surface area contributed by atoms with Crippen LogP contribution in [0.1, 0.15) is 50.5 Å². The summed E-state index contributed by atoms with van der Waals surface area (Å²) in [6.45, 7) is 1.21. The highest BCUT2D eigenvalue weighted by Gasteiger charge is 2.50. The Morgan fingerprint density at radius 3 is 2.00 bits per heavy atom. The molecule has 4 fully saturated rings. The van der Waals surface area contributed by atoms with Crippen LogP contribution in [0.25, 0.3) is 0 Å². The van der Waals surface area contributed by atoms with Crippen LogP contribution in [-0.2, 0) is 11.2 Å². The minimum atomic E-state index is -0.827. The van der Waals surface area contributed by atoms with E-state index in [2.05, 4.69) is 44.4 Å². The topological polar surface area (TPSA) is 44.6 Å². The van der Waals surface area contributed by atoms with Crippen LogP contribution in [0.2, 0.25) is 0 Å². The fraction of sp³-hybridized carbons (Fsp3) is 0.682. The number of quaternary nitrogens is 1. The van der Waals surface area contributed by atoms with Crippen molar-refractivity contribution in [2.24, 2.45) is 23.2 Å². The number of rotatable bonds is 5. The Morgan fingerprint density at radius 1 is 1.04 bits per heavy atom. The van der Waals surface area contributed by atoms with E-state index in [0.717, 1.165) is 17.8 Å². The molecule has 1 N–H and O–H groups in total. The maximum atomic E-state index is 10.8. The van der Waals surface area contributed by atoms with Crippen LogP contribution in [0.15, 0.2) is 30.3 Å². The Labute approximate surface area is 152 Å². The van der Waals surface area contributed by atoms with Crippen LogP contribution < -0.4 is 10.0 Å². The normalized spacial score (nSPS) is 32.4. The summed E-state index contributed by atoms with van der Waals surface area (Å²) in [4.78, 5) is 12.3. The number of carbonyl (C=O) groups is 1. The molecule has 0 saturated heterocycles. The lowest BCUT2D eigenvalue weighted by atomic mass is 9.49. The van der Waals surface area contributed by atoms with Gasteiger partial charge in [-0.15, -0.1) is 0 Å². The smallest absolute Gasteiger partial charge is 0.0807 e. The third kappa shape index (κ3) is 5.07. The molecule has 25 heavy (non-hydrogen) atoms. The number of hydrogen-bond acceptors (Lipinski definition) is 2. The quantitative estimate of drug-likeness (QED) is 0.885. The number of carboxylic acids is 1. The van der Waals surface area contributed by atoms with Gasteiger partial charge in [0.15, 0.2) is 0 Å². The van der Waals surface area contributed by atoms with Crippen molar-refractivity contribution < 1.29 is 14.8 Å². The first-order chi connectivity index (χ1) is 11.9. The monoisotopic (exact) mass is 343 g/mol. The van der Waals surface area contributed by atoms with Gasteiger partial charge in [-0.05, 0) is 73.7 Å². The average molecular weight is 344 g/mol. The van der Waals surface area contributed by atoms with Crippen molar-refractivity contribution in [3.63, 3.8) is 0 Å². The molecule has 0 spiro atoms. The molecule has 4 aliphatic carbocycles. The van der Waals surface area contributed by atoms with Crippen LogP contribution in [0.3, 0.4) is 0 Å². The van der Waals surface area contributed by atoms with Gasteiger partial charge in [0, 0.05) is 12.4 Å². The van der Waals surface area contributed by atoms with Gasteiger partial charge >= 0.3 is 0 Å². The molecule has 0 aliphatic heterocycles. The van der Waals surface area contributed by atoms with E-state index in [1.807, 2.05) is 0 Å². The van der Waals surface area contributed by atoms with E-state index < -0.39 is 5.97 Å². The summed E-state index contributed by atoms with van der Waals surface area (Å²) in [7, 11) is 4.37. The van der Waals surface area contributed by atoms with Crippen LogP contribution in [0.5, 0.6) is 0 Å². The molecule has 0 heterocycles. The van der Waals surface area contributed by atoms with E-state index in [0.29, 0.717) is 6.42 Å². The zero-order valence-corrected chi connectivity index (χ0v) is 15.8. The van der Waals surface area contributed by atoms with Gasteiger partial charge in [-0.1, -0.05) is 30.3 Å². The first-order valence-corrected chi connectivity index (χ1v) is 9.97. The highest BCUT2D eigenvalue weighted by molar-refractivity contribution is 5.65. The largest absolute Gasteiger partial charge is 0.550 e. The average Bonchev–Trinajstić information content (AvgIpc) is 2.52. The van der Waals surface area contributed by atoms with Gasteiger partial charge in [-0.2, -0.15) is 0 Å². The Balaban J connectivity index is 0.000000151. The summed E-state index contributed by atoms with van der Waals surface area (Å²) in [5.41, 5.74) is 1.60. The fourth-order valence-electron chi connectivity index (χ4n) is 5.85. The standard InChI is InChI=1S/C12H18O2.C10H15N/c13-11(14)7-12-4-8-1-9(5-12)3-10(2-8)6-12;1-11(2)9-8-10-6-4-3-5-7-10/h8-10H,1-7H2,(H,13,14);3-7H,8-9H2,1-2H3. The summed E-state index contributed by atoms with van der Waals surface area (Å²) in [6.07, 6.45) is 9.18. The fourth-order valence-corrected chi connectivity index (χ4v) is 5.85. The van der Waals surface area contributed by atoms with Gasteiger partial charge in [0.05, 0.1) is 20.6 Å². The summed E-state index contributed by atoms with van der Waals surface area (Å²) in [6, 6.07) is 10.6. The maximum absolute atomic E-state index is 10.8. The summed E-state index contributed by atoms with van der Waals surface area (Å²) < 4.78 is 0. The van der Waals surface area contributed by atoms with E-state index in [1.54, 1.807) is 0 Å². The lowest BCUT2D eigenvalue weighted by molar-refractivity contribution is -0.858. The molecule has 0 radical (unpaired) electrons. The van der Waals surface area contributed by atoms with Gasteiger partial charge in [0.1, 0.15) is 0 Å². The molecule has 0 atom stereocenters. The Bertz CT molecular complexity index is 531. The van der Waals surface area contributed by atoms with E-state index >= 15 is 0 Å². The van der Waals surface area contributed by atoms with E-state index in [1.165, 1.54) is 62.0 Å². The molecule has 138 valence electrons. The summed E-state index contributed by atoms with van der Waals surface area (Å²) in [5, 5.41) is 10.8. The Kier molecular flexibility index (Phi) is 5.83. The number of hydrogen-bond donors (Lipinski definition) is 1. The summed E-state index contributed by atoms with van der Waals surface area (Å²) >= 11 is 0. The van der Waals surface area contributed by atoms with Gasteiger partial charge in [0.25, 0.3) is 0 Å². The highest BCUT2D eigenvalue weighted by Crippen LogP contribution is 2.61. The van der Waals surface area contributed by atoms with Gasteiger partial charge < -0.3 is 14.8 Å². The van der Waals surface area contributed by atoms with Crippen molar-refractivity contribution in [2.75, 3.05) is 20.6 Å². The summed E-state index contributed by atoms with van der Waals surface area (Å²) in [5.74, 6) is 1.72. The lowest BCUT2D eigenvalue weighted by Gasteiger charge is -2.57. The molecule has 0 unspecified atom stereocenters. The van der Waals surface area contributed by atoms with Gasteiger partial charge in [-0.25, -0.2) is 0 Å². The molecule has 3 nitrogen and oxygen atoms in total. The molecule has 5 rings (SSSR count). The van der Waals surface area contributed by atoms with Crippen molar-refractivity contribution in [2.45, 2.75) is 51.4 Å². The Hall–Kier alpha value is -1.35. The van der Waals surface area contributed by atoms with Crippen LogP contribution in [-0.4, -0.2) is 26.6 Å². The molecule has 4 saturated carbocycles. The van der Waals surface area contributed by atoms with Crippen LogP contribution in [0.4, 0.5) is 0 Å². The molecule has 1 aromatic carbocycles. The van der Waals surface area contributed by atoms with Gasteiger partial charge in [0.2, 0.25) is 0 Å². The van der Waals surface area contributed by atoms with Crippen LogP contribution >= 0.6 is 0 Å². The number of nitrogens with one attached hydrogen (secondary N) is 1. The second kappa shape index (κ2) is 7.90. The van der Waals surface area contributed by atoms with Crippen molar-refractivity contribution >= 4 is 5.97 Å². The second-order valence-corrected chi connectivity index (χ2v) is 9.16. The third-order valence-electron chi connectivity index (χ3n) is 6.44. The van der Waals surface area contributed by atoms with Crippen LogP contribution in [0, 0.1) is 23.2 Å². The van der Waals surface area contributed by atoms with Gasteiger partial charge in [-0.3, -0.25) is 0 Å². The molecule has 4 aliphatic rings. The third-order valence-corrected chi connectivity index (χ3v) is 6.44. The number of likely N-dealkylation sites (N-methyl/N-ethyl adjacent to an activating group) is 1. The zero-order chi connectivity index (χ0) is 17.9. The van der Waals surface area contributed by atoms with E-state index in [-0.39, 0.29) is 5.41 Å². The second-order valence-electron chi connectivity index (χ2n) is 9.16. The predicted octanol–water partition coefficient (Wildman–Crippen LogP) is 1.72.